The quantitative estimate of drug-likeness (QED) is 0.663. The van der Waals surface area contributed by atoms with Crippen LogP contribution in [0.4, 0.5) is 0 Å². The molecule has 17 heavy (non-hydrogen) atoms. The van der Waals surface area contributed by atoms with Crippen molar-refractivity contribution in [3.8, 4) is 0 Å². The molecule has 0 fully saturated rings. The first-order valence-electron chi connectivity index (χ1n) is 5.22. The molecule has 0 bridgehead atoms. The number of rotatable bonds is 6. The van der Waals surface area contributed by atoms with Crippen LogP contribution in [0, 0.1) is 5.41 Å². The van der Waals surface area contributed by atoms with Gasteiger partial charge >= 0.3 is 5.97 Å². The first kappa shape index (κ1) is 13.1. The van der Waals surface area contributed by atoms with Gasteiger partial charge in [-0.25, -0.2) is 4.98 Å². The molecule has 0 aliphatic heterocycles. The van der Waals surface area contributed by atoms with Gasteiger partial charge in [-0.05, 0) is 5.41 Å². The fourth-order valence-electron chi connectivity index (χ4n) is 1.47. The highest BCUT2D eigenvalue weighted by Crippen LogP contribution is 2.24. The number of carboxylic acids is 1. The molecule has 0 aliphatic rings. The van der Waals surface area contributed by atoms with Crippen molar-refractivity contribution in [3.05, 3.63) is 12.2 Å². The molecule has 0 atom stereocenters. The van der Waals surface area contributed by atoms with E-state index in [4.69, 9.17) is 5.11 Å². The molecular weight excluding hydrogens is 224 g/mol. The van der Waals surface area contributed by atoms with Gasteiger partial charge in [0.1, 0.15) is 12.2 Å². The Balaban J connectivity index is 2.36. The number of aromatic nitrogens is 3. The van der Waals surface area contributed by atoms with Crippen LogP contribution in [0.5, 0.6) is 0 Å². The topological polar surface area (TPSA) is 108 Å². The molecule has 1 aromatic heterocycles. The molecule has 1 amide bonds. The van der Waals surface area contributed by atoms with Gasteiger partial charge in [0.2, 0.25) is 5.91 Å². The van der Waals surface area contributed by atoms with E-state index in [2.05, 4.69) is 20.5 Å². The van der Waals surface area contributed by atoms with Crippen LogP contribution in [-0.2, 0) is 16.1 Å². The number of carbonyl (C=O) groups excluding carboxylic acids is 1. The number of nitrogens with zero attached hydrogens (tertiary/aromatic N) is 2. The Morgan fingerprint density at radius 2 is 2.18 bits per heavy atom. The van der Waals surface area contributed by atoms with Crippen LogP contribution >= 0.6 is 0 Å². The van der Waals surface area contributed by atoms with Crippen molar-refractivity contribution in [2.75, 3.05) is 0 Å². The lowest BCUT2D eigenvalue weighted by Crippen LogP contribution is -2.30. The van der Waals surface area contributed by atoms with Gasteiger partial charge in [0.25, 0.3) is 0 Å². The average molecular weight is 240 g/mol. The fraction of sp³-hybridized carbons (Fsp3) is 0.600. The van der Waals surface area contributed by atoms with Gasteiger partial charge in [-0.2, -0.15) is 5.10 Å². The zero-order valence-corrected chi connectivity index (χ0v) is 9.86. The number of nitrogens with one attached hydrogen (secondary N) is 2. The highest BCUT2D eigenvalue weighted by molar-refractivity contribution is 5.77. The summed E-state index contributed by atoms with van der Waals surface area (Å²) >= 11 is 0. The number of hydrogen-bond acceptors (Lipinski definition) is 4. The van der Waals surface area contributed by atoms with Gasteiger partial charge < -0.3 is 10.4 Å². The van der Waals surface area contributed by atoms with Gasteiger partial charge in [0, 0.05) is 6.42 Å². The molecule has 1 aromatic rings. The highest BCUT2D eigenvalue weighted by atomic mass is 16.4. The summed E-state index contributed by atoms with van der Waals surface area (Å²) in [6, 6.07) is 0. The van der Waals surface area contributed by atoms with Crippen molar-refractivity contribution in [1.82, 2.24) is 20.5 Å². The molecule has 0 radical (unpaired) electrons. The molecule has 7 heteroatoms. The second kappa shape index (κ2) is 5.42. The van der Waals surface area contributed by atoms with Crippen molar-refractivity contribution in [1.29, 1.82) is 0 Å². The third kappa shape index (κ3) is 5.10. The number of aliphatic carboxylic acids is 1. The maximum absolute atomic E-state index is 11.6. The Hall–Kier alpha value is -1.92. The lowest BCUT2D eigenvalue weighted by atomic mass is 9.85. The molecule has 0 saturated carbocycles. The Morgan fingerprint density at radius 1 is 1.47 bits per heavy atom. The summed E-state index contributed by atoms with van der Waals surface area (Å²) in [7, 11) is 0. The molecule has 94 valence electrons. The zero-order chi connectivity index (χ0) is 12.9. The summed E-state index contributed by atoms with van der Waals surface area (Å²) in [6.45, 7) is 3.76. The normalized spacial score (nSPS) is 11.2. The number of carboxylic acid groups (broad SMARTS) is 1. The molecule has 1 rings (SSSR count). The summed E-state index contributed by atoms with van der Waals surface area (Å²) in [6.07, 6.45) is 1.48. The fourth-order valence-corrected chi connectivity index (χ4v) is 1.47. The summed E-state index contributed by atoms with van der Waals surface area (Å²) in [5.74, 6) is -0.542. The Morgan fingerprint density at radius 3 is 2.71 bits per heavy atom. The van der Waals surface area contributed by atoms with E-state index in [0.717, 1.165) is 0 Å². The molecule has 0 saturated heterocycles. The van der Waals surface area contributed by atoms with E-state index in [1.54, 1.807) is 13.8 Å². The van der Waals surface area contributed by atoms with Crippen LogP contribution < -0.4 is 5.32 Å². The third-order valence-corrected chi connectivity index (χ3v) is 2.19. The van der Waals surface area contributed by atoms with Gasteiger partial charge in [0.15, 0.2) is 0 Å². The van der Waals surface area contributed by atoms with Crippen molar-refractivity contribution in [3.63, 3.8) is 0 Å². The summed E-state index contributed by atoms with van der Waals surface area (Å²) in [5.41, 5.74) is -0.558. The monoisotopic (exact) mass is 240 g/mol. The minimum atomic E-state index is -0.905. The van der Waals surface area contributed by atoms with Crippen LogP contribution in [0.25, 0.3) is 0 Å². The van der Waals surface area contributed by atoms with Crippen LogP contribution in [0.15, 0.2) is 6.33 Å². The Bertz CT molecular complexity index is 386. The lowest BCUT2D eigenvalue weighted by Gasteiger charge is -2.21. The average Bonchev–Trinajstić information content (AvgIpc) is 2.63. The van der Waals surface area contributed by atoms with Crippen molar-refractivity contribution < 1.29 is 14.7 Å². The lowest BCUT2D eigenvalue weighted by molar-refractivity contribution is -0.139. The maximum Gasteiger partial charge on any atom is 0.303 e. The predicted octanol–water partition coefficient (Wildman–Crippen LogP) is 0.312. The Kier molecular flexibility index (Phi) is 4.19. The number of H-pyrrole nitrogens is 1. The number of amides is 1. The smallest absolute Gasteiger partial charge is 0.303 e. The molecule has 1 heterocycles. The van der Waals surface area contributed by atoms with Crippen LogP contribution in [0.1, 0.15) is 32.5 Å². The van der Waals surface area contributed by atoms with Crippen LogP contribution in [0.2, 0.25) is 0 Å². The molecular formula is C10H16N4O3. The minimum absolute atomic E-state index is 0.0390. The number of carbonyl (C=O) groups is 2. The number of hydrogen-bond donors (Lipinski definition) is 3. The minimum Gasteiger partial charge on any atom is -0.481 e. The molecule has 7 nitrogen and oxygen atoms in total. The third-order valence-electron chi connectivity index (χ3n) is 2.19. The van der Waals surface area contributed by atoms with Crippen LogP contribution in [0.3, 0.4) is 0 Å². The second-order valence-corrected chi connectivity index (χ2v) is 4.62. The highest BCUT2D eigenvalue weighted by Gasteiger charge is 2.25. The van der Waals surface area contributed by atoms with Gasteiger partial charge in [-0.15, -0.1) is 0 Å². The van der Waals surface area contributed by atoms with E-state index in [1.807, 2.05) is 0 Å². The van der Waals surface area contributed by atoms with Crippen molar-refractivity contribution in [2.24, 2.45) is 5.41 Å². The largest absolute Gasteiger partial charge is 0.481 e. The van der Waals surface area contributed by atoms with E-state index in [0.29, 0.717) is 5.82 Å². The summed E-state index contributed by atoms with van der Waals surface area (Å²) in [4.78, 5) is 26.0. The summed E-state index contributed by atoms with van der Waals surface area (Å²) < 4.78 is 0. The molecule has 0 aliphatic carbocycles. The standard InChI is InChI=1S/C10H16N4O3/c1-10(2,4-9(16)17)3-8(15)11-5-7-12-6-13-14-7/h6H,3-5H2,1-2H3,(H,11,15)(H,16,17)(H,12,13,14). The van der Waals surface area contributed by atoms with Gasteiger partial charge in [-0.1, -0.05) is 13.8 Å². The number of aromatic amines is 1. The second-order valence-electron chi connectivity index (χ2n) is 4.62. The van der Waals surface area contributed by atoms with Crippen molar-refractivity contribution >= 4 is 11.9 Å². The first-order chi connectivity index (χ1) is 7.89. The molecule has 0 spiro atoms. The maximum atomic E-state index is 11.6. The molecule has 0 aromatic carbocycles. The molecule has 0 unspecified atom stereocenters. The SMILES string of the molecule is CC(C)(CC(=O)O)CC(=O)NCc1ncn[nH]1. The van der Waals surface area contributed by atoms with E-state index in [1.165, 1.54) is 6.33 Å². The Labute approximate surface area is 98.6 Å². The van der Waals surface area contributed by atoms with Gasteiger partial charge in [0.05, 0.1) is 13.0 Å². The van der Waals surface area contributed by atoms with Crippen molar-refractivity contribution in [2.45, 2.75) is 33.2 Å². The van der Waals surface area contributed by atoms with E-state index in [-0.39, 0.29) is 25.3 Å². The van der Waals surface area contributed by atoms with E-state index in [9.17, 15) is 9.59 Å². The van der Waals surface area contributed by atoms with Gasteiger partial charge in [-0.3, -0.25) is 14.7 Å². The molecule has 3 N–H and O–H groups in total. The summed E-state index contributed by atoms with van der Waals surface area (Å²) in [5, 5.41) is 17.6. The zero-order valence-electron chi connectivity index (χ0n) is 9.86. The van der Waals surface area contributed by atoms with Crippen LogP contribution in [-0.4, -0.2) is 32.2 Å². The van der Waals surface area contributed by atoms with E-state index >= 15 is 0 Å². The first-order valence-corrected chi connectivity index (χ1v) is 5.22. The predicted molar refractivity (Wildman–Crippen MR) is 58.9 cm³/mol. The van der Waals surface area contributed by atoms with E-state index < -0.39 is 11.4 Å².